The van der Waals surface area contributed by atoms with E-state index in [-0.39, 0.29) is 4.68 Å². The van der Waals surface area contributed by atoms with E-state index in [1.54, 1.807) is 11.8 Å². The van der Waals surface area contributed by atoms with Crippen molar-refractivity contribution >= 4 is 43.5 Å². The van der Waals surface area contributed by atoms with Crippen molar-refractivity contribution < 1.29 is 19.5 Å². The number of carbonyl (C=O) groups excluding carboxylic acids is 2. The summed E-state index contributed by atoms with van der Waals surface area (Å²) < 4.78 is 2.84. The fraction of sp³-hybridized carbons (Fsp3) is 0.769. The molecular formula is C13H26N4O4SSe. The summed E-state index contributed by atoms with van der Waals surface area (Å²) in [6.07, 6.45) is 4.64. The molecule has 0 unspecified atom stereocenters. The molecule has 0 spiro atoms. The molecule has 0 aliphatic carbocycles. The van der Waals surface area contributed by atoms with Crippen LogP contribution in [0.15, 0.2) is 0 Å². The third-order valence-electron chi connectivity index (χ3n) is 2.91. The van der Waals surface area contributed by atoms with E-state index in [9.17, 15) is 14.4 Å². The summed E-state index contributed by atoms with van der Waals surface area (Å²) in [6, 6.07) is -1.13. The molecule has 0 radical (unpaired) electrons. The molecule has 0 aromatic heterocycles. The molecular weight excluding hydrogens is 387 g/mol. The van der Waals surface area contributed by atoms with Crippen LogP contribution in [0.5, 0.6) is 0 Å². The van der Waals surface area contributed by atoms with Crippen LogP contribution in [-0.2, 0) is 14.4 Å². The number of carboxylic acid groups (broad SMARTS) is 1. The number of hydrogen-bond donors (Lipinski definition) is 5. The van der Waals surface area contributed by atoms with E-state index >= 15 is 0 Å². The van der Waals surface area contributed by atoms with Gasteiger partial charge in [-0.3, -0.25) is 0 Å². The topological polar surface area (TPSA) is 148 Å². The molecule has 0 rings (SSSR count). The van der Waals surface area contributed by atoms with Gasteiger partial charge in [0.05, 0.1) is 0 Å². The number of carboxylic acids is 1. The monoisotopic (exact) mass is 414 g/mol. The van der Waals surface area contributed by atoms with Crippen molar-refractivity contribution in [2.75, 3.05) is 25.1 Å². The summed E-state index contributed by atoms with van der Waals surface area (Å²) in [5.74, 6) is -0.788. The van der Waals surface area contributed by atoms with Crippen LogP contribution < -0.4 is 21.1 Å². The van der Waals surface area contributed by atoms with Crippen molar-refractivity contribution in [3.05, 3.63) is 0 Å². The fourth-order valence-corrected chi connectivity index (χ4v) is 3.65. The van der Waals surface area contributed by atoms with E-state index in [4.69, 9.17) is 16.6 Å². The molecule has 0 heterocycles. The molecule has 0 aromatic rings. The van der Waals surface area contributed by atoms with Crippen LogP contribution in [-0.4, -0.2) is 74.0 Å². The molecule has 0 aliphatic heterocycles. The van der Waals surface area contributed by atoms with E-state index in [0.717, 1.165) is 18.6 Å². The van der Waals surface area contributed by atoms with Crippen LogP contribution in [0.4, 0.5) is 0 Å². The molecule has 0 aliphatic rings. The summed E-state index contributed by atoms with van der Waals surface area (Å²) in [4.78, 5) is 34.4. The first kappa shape index (κ1) is 22.4. The van der Waals surface area contributed by atoms with E-state index in [1.165, 1.54) is 0 Å². The van der Waals surface area contributed by atoms with Gasteiger partial charge in [-0.25, -0.2) is 0 Å². The number of rotatable bonds is 14. The second-order valence-corrected chi connectivity index (χ2v) is 7.63. The second kappa shape index (κ2) is 13.8. The van der Waals surface area contributed by atoms with Crippen molar-refractivity contribution in [1.29, 1.82) is 0 Å². The van der Waals surface area contributed by atoms with Crippen molar-refractivity contribution in [1.82, 2.24) is 9.65 Å². The van der Waals surface area contributed by atoms with Crippen molar-refractivity contribution in [2.45, 2.75) is 37.8 Å². The predicted octanol–water partition coefficient (Wildman–Crippen LogP) is -1.50. The first-order chi connectivity index (χ1) is 10.9. The molecule has 0 saturated carbocycles. The molecule has 0 bridgehead atoms. The summed E-state index contributed by atoms with van der Waals surface area (Å²) >= 11 is 0.956. The Morgan fingerprint density at radius 2 is 1.96 bits per heavy atom. The van der Waals surface area contributed by atoms with Gasteiger partial charge in [0.2, 0.25) is 0 Å². The summed E-state index contributed by atoms with van der Waals surface area (Å²) in [7, 11) is 0. The van der Waals surface area contributed by atoms with Crippen LogP contribution >= 0.6 is 11.8 Å². The quantitative estimate of drug-likeness (QED) is 0.171. The standard InChI is InChI=1S/C13H26N4O4SSe/c1-22-7-5-10(12(20)16-8-11(18)19)17-23-13(21)9(15)4-2-3-6-14/h9-10,17H,2-8,14-15H2,1H3,(H,16,20)(H,18,19)/t9-,10-/m0/s1. The molecule has 2 atom stereocenters. The molecule has 0 saturated heterocycles. The molecule has 8 nitrogen and oxygen atoms in total. The van der Waals surface area contributed by atoms with E-state index < -0.39 is 45.7 Å². The fourth-order valence-electron chi connectivity index (χ4n) is 1.60. The number of hydrogen-bond acceptors (Lipinski definition) is 7. The van der Waals surface area contributed by atoms with Gasteiger partial charge in [0.1, 0.15) is 0 Å². The van der Waals surface area contributed by atoms with Gasteiger partial charge < -0.3 is 0 Å². The zero-order chi connectivity index (χ0) is 17.7. The molecule has 7 N–H and O–H groups in total. The first-order valence-electron chi connectivity index (χ1n) is 7.32. The third-order valence-corrected chi connectivity index (χ3v) is 5.46. The van der Waals surface area contributed by atoms with Gasteiger partial charge in [-0.05, 0) is 0 Å². The number of carbonyl (C=O) groups is 3. The van der Waals surface area contributed by atoms with E-state index in [1.807, 2.05) is 6.26 Å². The zero-order valence-electron chi connectivity index (χ0n) is 13.2. The van der Waals surface area contributed by atoms with Gasteiger partial charge in [-0.1, -0.05) is 0 Å². The zero-order valence-corrected chi connectivity index (χ0v) is 15.8. The molecule has 1 amide bonds. The number of unbranched alkanes of at least 4 members (excludes halogenated alkanes) is 1. The Bertz CT molecular complexity index is 387. The maximum atomic E-state index is 12.0. The van der Waals surface area contributed by atoms with Crippen molar-refractivity contribution in [3.63, 3.8) is 0 Å². The Labute approximate surface area is 147 Å². The van der Waals surface area contributed by atoms with E-state index in [2.05, 4.69) is 9.65 Å². The number of nitrogens with one attached hydrogen (secondary N) is 2. The third kappa shape index (κ3) is 11.5. The normalized spacial score (nSPS) is 13.3. The average Bonchev–Trinajstić information content (AvgIpc) is 2.52. The summed E-state index contributed by atoms with van der Waals surface area (Å²) in [5.41, 5.74) is 11.2. The summed E-state index contributed by atoms with van der Waals surface area (Å²) in [6.45, 7) is 0.140. The van der Waals surface area contributed by atoms with Crippen molar-refractivity contribution in [3.8, 4) is 0 Å². The van der Waals surface area contributed by atoms with Gasteiger partial charge >= 0.3 is 147 Å². The van der Waals surface area contributed by atoms with Gasteiger partial charge in [-0.15, -0.1) is 0 Å². The number of thioether (sulfide) groups is 1. The SMILES string of the molecule is CSCC[C@H](N[Se]C(=O)[C@@H](N)CCCCN)C(=O)NCC(=O)O. The van der Waals surface area contributed by atoms with Crippen LogP contribution in [0.3, 0.4) is 0 Å². The number of aliphatic carboxylic acids is 1. The van der Waals surface area contributed by atoms with Gasteiger partial charge in [-0.2, -0.15) is 0 Å². The molecule has 134 valence electrons. The van der Waals surface area contributed by atoms with Gasteiger partial charge in [0.25, 0.3) is 0 Å². The Kier molecular flexibility index (Phi) is 13.4. The minimum atomic E-state index is -1.11. The van der Waals surface area contributed by atoms with E-state index in [0.29, 0.717) is 19.4 Å². The number of amides is 1. The molecule has 0 fully saturated rings. The molecule has 10 heteroatoms. The van der Waals surface area contributed by atoms with Crippen LogP contribution in [0.1, 0.15) is 25.7 Å². The van der Waals surface area contributed by atoms with Crippen LogP contribution in [0.25, 0.3) is 0 Å². The number of nitrogens with two attached hydrogens (primary N) is 2. The first-order valence-corrected chi connectivity index (χ1v) is 10.4. The van der Waals surface area contributed by atoms with Gasteiger partial charge in [0.15, 0.2) is 0 Å². The second-order valence-electron chi connectivity index (χ2n) is 4.88. The predicted molar refractivity (Wildman–Crippen MR) is 92.2 cm³/mol. The average molecular weight is 413 g/mol. The Balaban J connectivity index is 4.33. The molecule has 23 heavy (non-hydrogen) atoms. The van der Waals surface area contributed by atoms with Crippen molar-refractivity contribution in [2.24, 2.45) is 11.5 Å². The maximum absolute atomic E-state index is 12.0. The summed E-state index contributed by atoms with van der Waals surface area (Å²) in [5, 5.41) is 10.9. The Morgan fingerprint density at radius 3 is 2.52 bits per heavy atom. The van der Waals surface area contributed by atoms with Gasteiger partial charge in [0, 0.05) is 0 Å². The Morgan fingerprint density at radius 1 is 1.26 bits per heavy atom. The van der Waals surface area contributed by atoms with Crippen LogP contribution in [0, 0.1) is 0 Å². The van der Waals surface area contributed by atoms with Crippen LogP contribution in [0.2, 0.25) is 0 Å². The minimum absolute atomic E-state index is 0.102. The Hall–Kier alpha value is -0.641. The molecule has 0 aromatic carbocycles.